The first-order valence-corrected chi connectivity index (χ1v) is 15.1. The van der Waals surface area contributed by atoms with Crippen LogP contribution in [0.5, 0.6) is 0 Å². The highest BCUT2D eigenvalue weighted by Gasteiger charge is 2.52. The van der Waals surface area contributed by atoms with Gasteiger partial charge >= 0.3 is 0 Å². The third-order valence-corrected chi connectivity index (χ3v) is 9.47. The van der Waals surface area contributed by atoms with Crippen LogP contribution >= 0.6 is 11.3 Å². The predicted octanol–water partition coefficient (Wildman–Crippen LogP) is 5.39. The van der Waals surface area contributed by atoms with E-state index in [2.05, 4.69) is 17.2 Å². The largest absolute Gasteiger partial charge is 0.392 e. The summed E-state index contributed by atoms with van der Waals surface area (Å²) in [5.41, 5.74) is 1.42. The summed E-state index contributed by atoms with van der Waals surface area (Å²) in [6.45, 7) is 15.3. The Kier molecular flexibility index (Phi) is 10.4. The van der Waals surface area contributed by atoms with E-state index in [-0.39, 0.29) is 41.8 Å². The lowest BCUT2D eigenvalue weighted by Gasteiger charge is -2.36. The van der Waals surface area contributed by atoms with Gasteiger partial charge in [0.15, 0.2) is 0 Å². The van der Waals surface area contributed by atoms with Crippen LogP contribution in [0.25, 0.3) is 6.08 Å². The number of thiazole rings is 1. The summed E-state index contributed by atoms with van der Waals surface area (Å²) in [6, 6.07) is -0.281. The van der Waals surface area contributed by atoms with Crippen molar-refractivity contribution in [1.82, 2.24) is 10.3 Å². The molecular weight excluding hydrogens is 512 g/mol. The van der Waals surface area contributed by atoms with Gasteiger partial charge in [0.1, 0.15) is 5.78 Å². The molecule has 3 rings (SSSR count). The number of aliphatic hydroxyl groups is 2. The van der Waals surface area contributed by atoms with E-state index in [1.807, 2.05) is 52.2 Å². The number of fused-ring (bicyclic) bond motifs is 1. The number of epoxide rings is 1. The third-order valence-electron chi connectivity index (χ3n) is 8.67. The van der Waals surface area contributed by atoms with Gasteiger partial charge in [0.05, 0.1) is 52.5 Å². The van der Waals surface area contributed by atoms with Crippen molar-refractivity contribution in [2.24, 2.45) is 17.3 Å². The maximum absolute atomic E-state index is 13.8. The molecule has 0 bridgehead atoms. The Morgan fingerprint density at radius 1 is 1.23 bits per heavy atom. The van der Waals surface area contributed by atoms with Gasteiger partial charge in [-0.05, 0) is 71.4 Å². The standard InChI is InChI=1S/C31H48N2O5S/c1-18(2)11-12-23-28(36)19(3)10-9-13-31(8)26(38-31)15-24(20(4)14-22-17-39-21(5)32-22)33-27(35)16-25(34)30(6,7)29(23)37/h11,14,17,19,23-26,28,34,36H,9-10,12-13,15-16H2,1-8H3,(H,33,35)/t19-,23+,24-,25-,26?,28+,31?/m0/s1. The van der Waals surface area contributed by atoms with Gasteiger partial charge in [-0.2, -0.15) is 0 Å². The second-order valence-corrected chi connectivity index (χ2v) is 13.8. The van der Waals surface area contributed by atoms with Crippen molar-refractivity contribution in [2.75, 3.05) is 0 Å². The van der Waals surface area contributed by atoms with Gasteiger partial charge in [0.2, 0.25) is 5.91 Å². The first-order chi connectivity index (χ1) is 18.1. The van der Waals surface area contributed by atoms with E-state index in [9.17, 15) is 19.8 Å². The van der Waals surface area contributed by atoms with E-state index in [4.69, 9.17) is 4.74 Å². The molecule has 7 atom stereocenters. The molecule has 1 aromatic heterocycles. The molecule has 0 aromatic carbocycles. The van der Waals surface area contributed by atoms with E-state index < -0.39 is 23.5 Å². The molecule has 39 heavy (non-hydrogen) atoms. The number of nitrogens with zero attached hydrogens (tertiary/aromatic N) is 1. The number of rotatable bonds is 4. The minimum Gasteiger partial charge on any atom is -0.392 e. The van der Waals surface area contributed by atoms with Crippen molar-refractivity contribution in [3.8, 4) is 0 Å². The zero-order valence-corrected chi connectivity index (χ0v) is 25.7. The van der Waals surface area contributed by atoms with Crippen molar-refractivity contribution < 1.29 is 24.5 Å². The number of carbonyl (C=O) groups excluding carboxylic acids is 2. The van der Waals surface area contributed by atoms with Crippen LogP contribution in [-0.4, -0.2) is 56.8 Å². The minimum absolute atomic E-state index is 0.00446. The molecule has 1 aromatic rings. The summed E-state index contributed by atoms with van der Waals surface area (Å²) in [5, 5.41) is 28.6. The van der Waals surface area contributed by atoms with Crippen LogP contribution in [0, 0.1) is 24.2 Å². The quantitative estimate of drug-likeness (QED) is 0.336. The van der Waals surface area contributed by atoms with Gasteiger partial charge in [-0.25, -0.2) is 4.98 Å². The smallest absolute Gasteiger partial charge is 0.223 e. The van der Waals surface area contributed by atoms with Crippen LogP contribution < -0.4 is 5.32 Å². The van der Waals surface area contributed by atoms with Crippen molar-refractivity contribution in [3.05, 3.63) is 33.3 Å². The second-order valence-electron chi connectivity index (χ2n) is 12.7. The second kappa shape index (κ2) is 12.8. The molecule has 7 nitrogen and oxygen atoms in total. The molecule has 0 aliphatic carbocycles. The molecule has 2 saturated heterocycles. The van der Waals surface area contributed by atoms with Gasteiger partial charge in [-0.3, -0.25) is 9.59 Å². The number of amides is 1. The lowest BCUT2D eigenvalue weighted by molar-refractivity contribution is -0.143. The average molecular weight is 561 g/mol. The Hall–Kier alpha value is -1.87. The van der Waals surface area contributed by atoms with Gasteiger partial charge in [0, 0.05) is 17.7 Å². The number of ketones is 1. The molecule has 0 saturated carbocycles. The van der Waals surface area contributed by atoms with Crippen molar-refractivity contribution >= 4 is 29.1 Å². The lowest BCUT2D eigenvalue weighted by Crippen LogP contribution is -2.48. The van der Waals surface area contributed by atoms with Crippen LogP contribution in [0.4, 0.5) is 0 Å². The highest BCUT2D eigenvalue weighted by Crippen LogP contribution is 2.44. The zero-order chi connectivity index (χ0) is 29.1. The summed E-state index contributed by atoms with van der Waals surface area (Å²) < 4.78 is 6.15. The molecule has 2 aliphatic heterocycles. The van der Waals surface area contributed by atoms with Gasteiger partial charge in [-0.15, -0.1) is 11.3 Å². The predicted molar refractivity (Wildman–Crippen MR) is 156 cm³/mol. The Labute approximate surface area is 238 Å². The fraction of sp³-hybridized carbons (Fsp3) is 0.710. The molecule has 0 spiro atoms. The summed E-state index contributed by atoms with van der Waals surface area (Å²) >= 11 is 1.58. The number of aliphatic hydroxyl groups excluding tert-OH is 2. The number of ether oxygens (including phenoxy) is 1. The van der Waals surface area contributed by atoms with Gasteiger partial charge < -0.3 is 20.3 Å². The molecule has 0 radical (unpaired) electrons. The monoisotopic (exact) mass is 560 g/mol. The average Bonchev–Trinajstić information content (AvgIpc) is 3.29. The van der Waals surface area contributed by atoms with E-state index in [0.29, 0.717) is 12.8 Å². The number of aromatic nitrogens is 1. The minimum atomic E-state index is -1.20. The molecule has 3 heterocycles. The van der Waals surface area contributed by atoms with E-state index in [1.165, 1.54) is 0 Å². The molecule has 2 fully saturated rings. The first kappa shape index (κ1) is 31.7. The van der Waals surface area contributed by atoms with Crippen LogP contribution in [0.15, 0.2) is 22.6 Å². The van der Waals surface area contributed by atoms with Crippen LogP contribution in [0.1, 0.15) is 97.7 Å². The van der Waals surface area contributed by atoms with Crippen molar-refractivity contribution in [3.63, 3.8) is 0 Å². The van der Waals surface area contributed by atoms with Crippen LogP contribution in [0.3, 0.4) is 0 Å². The van der Waals surface area contributed by atoms with E-state index in [0.717, 1.165) is 41.1 Å². The van der Waals surface area contributed by atoms with Crippen LogP contribution in [-0.2, 0) is 14.3 Å². The Balaban J connectivity index is 1.90. The van der Waals surface area contributed by atoms with Gasteiger partial charge in [0.25, 0.3) is 0 Å². The van der Waals surface area contributed by atoms with Crippen LogP contribution in [0.2, 0.25) is 0 Å². The first-order valence-electron chi connectivity index (χ1n) is 14.3. The summed E-state index contributed by atoms with van der Waals surface area (Å²) in [4.78, 5) is 31.6. The molecular formula is C31H48N2O5S. The molecule has 2 aliphatic rings. The third kappa shape index (κ3) is 8.09. The zero-order valence-electron chi connectivity index (χ0n) is 24.9. The van der Waals surface area contributed by atoms with Crippen molar-refractivity contribution in [1.29, 1.82) is 0 Å². The molecule has 1 amide bonds. The Morgan fingerprint density at radius 2 is 1.92 bits per heavy atom. The van der Waals surface area contributed by atoms with Gasteiger partial charge in [-0.1, -0.05) is 38.8 Å². The summed E-state index contributed by atoms with van der Waals surface area (Å²) in [5.74, 6) is -1.28. The number of allylic oxidation sites excluding steroid dienone is 2. The summed E-state index contributed by atoms with van der Waals surface area (Å²) in [6.07, 6.45) is 5.25. The maximum Gasteiger partial charge on any atom is 0.223 e. The summed E-state index contributed by atoms with van der Waals surface area (Å²) in [7, 11) is 0. The lowest BCUT2D eigenvalue weighted by atomic mass is 9.71. The number of aryl methyl sites for hydroxylation is 1. The molecule has 218 valence electrons. The normalized spacial score (nSPS) is 34.7. The topological polar surface area (TPSA) is 112 Å². The SMILES string of the molecule is CC(C)=CC[C@H]1C(=O)C(C)(C)[C@@H](O)CC(=O)N[C@H](C(C)=Cc2csc(C)n2)CC2OC2(C)CCC[C@H](C)[C@H]1O. The number of Topliss-reactive ketones (excluding diaryl/α,β-unsaturated/α-hetero) is 1. The van der Waals surface area contributed by atoms with E-state index in [1.54, 1.807) is 25.2 Å². The number of nitrogens with one attached hydrogen (secondary N) is 1. The highest BCUT2D eigenvalue weighted by molar-refractivity contribution is 7.09. The van der Waals surface area contributed by atoms with E-state index >= 15 is 0 Å². The highest BCUT2D eigenvalue weighted by atomic mass is 32.1. The number of carbonyl (C=O) groups is 2. The molecule has 8 heteroatoms. The number of hydrogen-bond acceptors (Lipinski definition) is 7. The van der Waals surface area contributed by atoms with Crippen molar-refractivity contribution in [2.45, 2.75) is 124 Å². The fourth-order valence-corrected chi connectivity index (χ4v) is 6.16. The Morgan fingerprint density at radius 3 is 2.54 bits per heavy atom. The fourth-order valence-electron chi connectivity index (χ4n) is 5.59. The molecule has 3 N–H and O–H groups in total. The Bertz CT molecular complexity index is 1090. The maximum atomic E-state index is 13.8. The molecule has 2 unspecified atom stereocenters. The number of hydrogen-bond donors (Lipinski definition) is 3.